The molecular weight excluding hydrogens is 216 g/mol. The summed E-state index contributed by atoms with van der Waals surface area (Å²) in [5.41, 5.74) is 7.75. The second-order valence-electron chi connectivity index (χ2n) is 4.52. The van der Waals surface area contributed by atoms with Crippen LogP contribution in [0, 0.1) is 0 Å². The van der Waals surface area contributed by atoms with E-state index in [1.165, 1.54) is 25.9 Å². The van der Waals surface area contributed by atoms with Gasteiger partial charge in [0.15, 0.2) is 0 Å². The van der Waals surface area contributed by atoms with Crippen LogP contribution >= 0.6 is 0 Å². The highest BCUT2D eigenvalue weighted by Crippen LogP contribution is 2.16. The van der Waals surface area contributed by atoms with Gasteiger partial charge in [0.05, 0.1) is 5.56 Å². The van der Waals surface area contributed by atoms with Gasteiger partial charge in [-0.2, -0.15) is 0 Å². The van der Waals surface area contributed by atoms with Crippen LogP contribution in [0.25, 0.3) is 0 Å². The molecule has 1 heterocycles. The number of nitrogens with two attached hydrogens (primary N) is 1. The molecule has 1 saturated heterocycles. The van der Waals surface area contributed by atoms with Crippen molar-refractivity contribution in [3.05, 3.63) is 29.3 Å². The number of nitrogen functional groups attached to an aromatic ring is 1. The first-order chi connectivity index (χ1) is 8.16. The molecular formula is C13H18N2O2. The molecule has 0 bridgehead atoms. The summed E-state index contributed by atoms with van der Waals surface area (Å²) in [4.78, 5) is 13.2. The Labute approximate surface area is 101 Å². The second-order valence-corrected chi connectivity index (χ2v) is 4.52. The Morgan fingerprint density at radius 3 is 2.65 bits per heavy atom. The highest BCUT2D eigenvalue weighted by atomic mass is 16.4. The topological polar surface area (TPSA) is 66.6 Å². The lowest BCUT2D eigenvalue weighted by molar-refractivity contribution is 0.0697. The molecule has 92 valence electrons. The van der Waals surface area contributed by atoms with Crippen molar-refractivity contribution >= 4 is 11.7 Å². The number of aromatic carboxylic acids is 1. The summed E-state index contributed by atoms with van der Waals surface area (Å²) >= 11 is 0. The van der Waals surface area contributed by atoms with E-state index in [9.17, 15) is 4.79 Å². The molecule has 1 aromatic carbocycles. The van der Waals surface area contributed by atoms with Gasteiger partial charge >= 0.3 is 5.97 Å². The first-order valence-electron chi connectivity index (χ1n) is 6.01. The first kappa shape index (κ1) is 11.9. The fourth-order valence-electron chi connectivity index (χ4n) is 2.24. The minimum atomic E-state index is -0.928. The van der Waals surface area contributed by atoms with E-state index in [2.05, 4.69) is 4.90 Å². The molecule has 3 N–H and O–H groups in total. The van der Waals surface area contributed by atoms with E-state index in [4.69, 9.17) is 10.8 Å². The van der Waals surface area contributed by atoms with E-state index >= 15 is 0 Å². The maximum Gasteiger partial charge on any atom is 0.335 e. The van der Waals surface area contributed by atoms with Gasteiger partial charge in [-0.15, -0.1) is 0 Å². The van der Waals surface area contributed by atoms with E-state index in [0.717, 1.165) is 18.5 Å². The molecule has 1 aliphatic rings. The van der Waals surface area contributed by atoms with Gasteiger partial charge in [-0.25, -0.2) is 4.79 Å². The van der Waals surface area contributed by atoms with Crippen LogP contribution in [-0.2, 0) is 6.42 Å². The fourth-order valence-corrected chi connectivity index (χ4v) is 2.24. The second kappa shape index (κ2) is 5.19. The number of hydrogen-bond donors (Lipinski definition) is 2. The first-order valence-corrected chi connectivity index (χ1v) is 6.01. The zero-order valence-electron chi connectivity index (χ0n) is 9.85. The maximum atomic E-state index is 10.8. The van der Waals surface area contributed by atoms with E-state index in [-0.39, 0.29) is 5.56 Å². The van der Waals surface area contributed by atoms with Crippen molar-refractivity contribution in [2.75, 3.05) is 25.4 Å². The van der Waals surface area contributed by atoms with Gasteiger partial charge in [0, 0.05) is 12.2 Å². The molecule has 0 aromatic heterocycles. The number of rotatable bonds is 4. The standard InChI is InChI=1S/C13H18N2O2/c14-12-9-11(13(16)17)4-3-10(12)5-8-15-6-1-2-7-15/h3-4,9H,1-2,5-8,14H2,(H,16,17). The van der Waals surface area contributed by atoms with E-state index in [1.54, 1.807) is 12.1 Å². The van der Waals surface area contributed by atoms with Crippen LogP contribution in [0.3, 0.4) is 0 Å². The predicted octanol–water partition coefficient (Wildman–Crippen LogP) is 1.61. The van der Waals surface area contributed by atoms with Gasteiger partial charge in [-0.1, -0.05) is 6.07 Å². The van der Waals surface area contributed by atoms with E-state index in [0.29, 0.717) is 5.69 Å². The van der Waals surface area contributed by atoms with Crippen LogP contribution in [0.4, 0.5) is 5.69 Å². The van der Waals surface area contributed by atoms with Crippen molar-refractivity contribution in [2.24, 2.45) is 0 Å². The minimum Gasteiger partial charge on any atom is -0.478 e. The fraction of sp³-hybridized carbons (Fsp3) is 0.462. The van der Waals surface area contributed by atoms with Crippen LogP contribution in [0.15, 0.2) is 18.2 Å². The molecule has 2 rings (SSSR count). The molecule has 1 aromatic rings. The van der Waals surface area contributed by atoms with Gasteiger partial charge in [0.1, 0.15) is 0 Å². The monoisotopic (exact) mass is 234 g/mol. The molecule has 0 aliphatic carbocycles. The Morgan fingerprint density at radius 1 is 1.35 bits per heavy atom. The molecule has 4 nitrogen and oxygen atoms in total. The number of anilines is 1. The van der Waals surface area contributed by atoms with Crippen molar-refractivity contribution < 1.29 is 9.90 Å². The van der Waals surface area contributed by atoms with Crippen LogP contribution < -0.4 is 5.73 Å². The number of hydrogen-bond acceptors (Lipinski definition) is 3. The lowest BCUT2D eigenvalue weighted by Gasteiger charge is -2.15. The average molecular weight is 234 g/mol. The number of nitrogens with zero attached hydrogens (tertiary/aromatic N) is 1. The van der Waals surface area contributed by atoms with Crippen molar-refractivity contribution in [1.82, 2.24) is 4.90 Å². The molecule has 17 heavy (non-hydrogen) atoms. The Morgan fingerprint density at radius 2 is 2.06 bits per heavy atom. The minimum absolute atomic E-state index is 0.257. The van der Waals surface area contributed by atoms with E-state index in [1.807, 2.05) is 6.07 Å². The quantitative estimate of drug-likeness (QED) is 0.777. The third kappa shape index (κ3) is 2.97. The van der Waals surface area contributed by atoms with E-state index < -0.39 is 5.97 Å². The molecule has 0 amide bonds. The molecule has 0 saturated carbocycles. The van der Waals surface area contributed by atoms with Gasteiger partial charge in [0.25, 0.3) is 0 Å². The molecule has 0 atom stereocenters. The summed E-state index contributed by atoms with van der Waals surface area (Å²) in [6.07, 6.45) is 3.46. The normalized spacial score (nSPS) is 16.2. The van der Waals surface area contributed by atoms with Crippen LogP contribution in [0.5, 0.6) is 0 Å². The lowest BCUT2D eigenvalue weighted by Crippen LogP contribution is -2.22. The molecule has 1 aliphatic heterocycles. The summed E-state index contributed by atoms with van der Waals surface area (Å²) in [7, 11) is 0. The number of benzene rings is 1. The van der Waals surface area contributed by atoms with Crippen LogP contribution in [-0.4, -0.2) is 35.6 Å². The third-order valence-electron chi connectivity index (χ3n) is 3.29. The molecule has 4 heteroatoms. The summed E-state index contributed by atoms with van der Waals surface area (Å²) in [6, 6.07) is 4.99. The van der Waals surface area contributed by atoms with Gasteiger partial charge < -0.3 is 15.7 Å². The zero-order chi connectivity index (χ0) is 12.3. The van der Waals surface area contributed by atoms with Gasteiger partial charge in [0.2, 0.25) is 0 Å². The Bertz CT molecular complexity index is 412. The van der Waals surface area contributed by atoms with Crippen molar-refractivity contribution in [3.8, 4) is 0 Å². The number of carboxylic acids is 1. The SMILES string of the molecule is Nc1cc(C(=O)O)ccc1CCN1CCCC1. The highest BCUT2D eigenvalue weighted by molar-refractivity contribution is 5.88. The average Bonchev–Trinajstić information content (AvgIpc) is 2.80. The summed E-state index contributed by atoms with van der Waals surface area (Å²) in [5, 5.41) is 8.84. The number of carboxylic acid groups (broad SMARTS) is 1. The zero-order valence-corrected chi connectivity index (χ0v) is 9.85. The highest BCUT2D eigenvalue weighted by Gasteiger charge is 2.12. The third-order valence-corrected chi connectivity index (χ3v) is 3.29. The lowest BCUT2D eigenvalue weighted by atomic mass is 10.1. The number of likely N-dealkylation sites (tertiary alicyclic amines) is 1. The largest absolute Gasteiger partial charge is 0.478 e. The maximum absolute atomic E-state index is 10.8. The van der Waals surface area contributed by atoms with Crippen molar-refractivity contribution in [1.29, 1.82) is 0 Å². The molecule has 0 radical (unpaired) electrons. The Balaban J connectivity index is 1.98. The summed E-state index contributed by atoms with van der Waals surface area (Å²) < 4.78 is 0. The smallest absolute Gasteiger partial charge is 0.335 e. The number of carbonyl (C=O) groups is 1. The molecule has 0 spiro atoms. The summed E-state index contributed by atoms with van der Waals surface area (Å²) in [5.74, 6) is -0.928. The molecule has 0 unspecified atom stereocenters. The van der Waals surface area contributed by atoms with Crippen molar-refractivity contribution in [3.63, 3.8) is 0 Å². The summed E-state index contributed by atoms with van der Waals surface area (Å²) in [6.45, 7) is 3.36. The Kier molecular flexibility index (Phi) is 3.64. The Hall–Kier alpha value is -1.55. The van der Waals surface area contributed by atoms with Crippen LogP contribution in [0.2, 0.25) is 0 Å². The van der Waals surface area contributed by atoms with Gasteiger partial charge in [-0.05, 0) is 50.0 Å². The van der Waals surface area contributed by atoms with Crippen LogP contribution in [0.1, 0.15) is 28.8 Å². The predicted molar refractivity (Wildman–Crippen MR) is 67.2 cm³/mol. The molecule has 1 fully saturated rings. The van der Waals surface area contributed by atoms with Crippen molar-refractivity contribution in [2.45, 2.75) is 19.3 Å². The van der Waals surface area contributed by atoms with Gasteiger partial charge in [-0.3, -0.25) is 0 Å².